The lowest BCUT2D eigenvalue weighted by Gasteiger charge is -2.08. The minimum Gasteiger partial charge on any atom is -0.398 e. The van der Waals surface area contributed by atoms with E-state index in [1.807, 2.05) is 11.4 Å². The Balaban J connectivity index is 1.89. The van der Waals surface area contributed by atoms with Crippen LogP contribution >= 0.6 is 11.3 Å². The van der Waals surface area contributed by atoms with Gasteiger partial charge in [0, 0.05) is 23.7 Å². The molecular weight excluding hydrogens is 273 g/mol. The summed E-state index contributed by atoms with van der Waals surface area (Å²) in [5.74, 6) is 0. The molecule has 0 amide bonds. The normalized spacial score (nSPS) is 11.7. The summed E-state index contributed by atoms with van der Waals surface area (Å²) in [6.07, 6.45) is -4.28. The van der Waals surface area contributed by atoms with Crippen LogP contribution in [0.1, 0.15) is 16.0 Å². The molecule has 1 aromatic heterocycles. The second-order valence-electron chi connectivity index (χ2n) is 4.10. The Bertz CT molecular complexity index is 532. The van der Waals surface area contributed by atoms with E-state index in [1.54, 1.807) is 11.3 Å². The Hall–Kier alpha value is -1.53. The molecule has 0 atom stereocenters. The molecule has 3 N–H and O–H groups in total. The average molecular weight is 286 g/mol. The van der Waals surface area contributed by atoms with Gasteiger partial charge in [-0.05, 0) is 29.1 Å². The van der Waals surface area contributed by atoms with E-state index in [-0.39, 0.29) is 0 Å². The molecule has 0 saturated heterocycles. The van der Waals surface area contributed by atoms with Crippen LogP contribution in [-0.4, -0.2) is 0 Å². The van der Waals surface area contributed by atoms with Gasteiger partial charge < -0.3 is 11.1 Å². The minimum absolute atomic E-state index is 0.509. The van der Waals surface area contributed by atoms with Crippen LogP contribution in [0.5, 0.6) is 0 Å². The molecule has 0 fully saturated rings. The van der Waals surface area contributed by atoms with Crippen molar-refractivity contribution in [3.63, 3.8) is 0 Å². The van der Waals surface area contributed by atoms with E-state index < -0.39 is 11.7 Å². The van der Waals surface area contributed by atoms with E-state index in [1.165, 1.54) is 12.1 Å². The van der Waals surface area contributed by atoms with E-state index in [4.69, 9.17) is 5.73 Å². The summed E-state index contributed by atoms with van der Waals surface area (Å²) in [5.41, 5.74) is 6.66. The molecule has 0 spiro atoms. The Morgan fingerprint density at radius 1 is 1.05 bits per heavy atom. The largest absolute Gasteiger partial charge is 0.416 e. The van der Waals surface area contributed by atoms with Gasteiger partial charge >= 0.3 is 6.18 Å². The Kier molecular flexibility index (Phi) is 4.11. The van der Waals surface area contributed by atoms with Crippen LogP contribution in [0.25, 0.3) is 0 Å². The maximum atomic E-state index is 12.4. The average Bonchev–Trinajstić information content (AvgIpc) is 2.75. The fourth-order valence-corrected chi connectivity index (χ4v) is 2.39. The molecule has 0 unspecified atom stereocenters. The summed E-state index contributed by atoms with van der Waals surface area (Å²) in [5, 5.41) is 5.06. The molecule has 0 aliphatic heterocycles. The number of anilines is 1. The smallest absolute Gasteiger partial charge is 0.398 e. The van der Waals surface area contributed by atoms with Crippen LogP contribution in [0.4, 0.5) is 18.9 Å². The summed E-state index contributed by atoms with van der Waals surface area (Å²) in [6, 6.07) is 6.98. The fourth-order valence-electron chi connectivity index (χ4n) is 1.63. The molecular formula is C13H13F3N2S. The summed E-state index contributed by atoms with van der Waals surface area (Å²) in [4.78, 5) is 1.03. The van der Waals surface area contributed by atoms with E-state index in [2.05, 4.69) is 5.32 Å². The van der Waals surface area contributed by atoms with Gasteiger partial charge in [0.15, 0.2) is 0 Å². The molecule has 102 valence electrons. The molecule has 0 aliphatic carbocycles. The predicted octanol–water partition coefficient (Wildman–Crippen LogP) is 3.64. The van der Waals surface area contributed by atoms with Gasteiger partial charge in [-0.25, -0.2) is 0 Å². The summed E-state index contributed by atoms with van der Waals surface area (Å²) < 4.78 is 37.1. The number of halogens is 3. The minimum atomic E-state index is -4.28. The number of hydrogen-bond acceptors (Lipinski definition) is 3. The molecule has 0 radical (unpaired) electrons. The maximum Gasteiger partial charge on any atom is 0.416 e. The monoisotopic (exact) mass is 286 g/mol. The topological polar surface area (TPSA) is 38.0 Å². The molecule has 19 heavy (non-hydrogen) atoms. The molecule has 2 aromatic rings. The molecule has 2 rings (SSSR count). The van der Waals surface area contributed by atoms with Crippen molar-refractivity contribution in [2.45, 2.75) is 19.3 Å². The summed E-state index contributed by atoms with van der Waals surface area (Å²) in [6.45, 7) is 1.12. The predicted molar refractivity (Wildman–Crippen MR) is 70.7 cm³/mol. The van der Waals surface area contributed by atoms with Crippen molar-refractivity contribution >= 4 is 17.0 Å². The first-order valence-corrected chi connectivity index (χ1v) is 6.53. The first-order valence-electron chi connectivity index (χ1n) is 5.65. The maximum absolute atomic E-state index is 12.4. The Morgan fingerprint density at radius 2 is 1.74 bits per heavy atom. The highest BCUT2D eigenvalue weighted by molar-refractivity contribution is 7.10. The third kappa shape index (κ3) is 3.71. The Labute approximate surface area is 113 Å². The standard InChI is InChI=1S/C13H13F3N2S/c14-13(15,16)10-3-1-9(2-4-10)7-18-8-12-11(17)5-6-19-12/h1-6,18H,7-8,17H2. The number of nitrogen functional groups attached to an aromatic ring is 1. The van der Waals surface area contributed by atoms with Crippen LogP contribution in [0.2, 0.25) is 0 Å². The van der Waals surface area contributed by atoms with Crippen LogP contribution in [-0.2, 0) is 19.3 Å². The third-order valence-corrected chi connectivity index (χ3v) is 3.61. The molecule has 0 bridgehead atoms. The van der Waals surface area contributed by atoms with Gasteiger partial charge in [0.1, 0.15) is 0 Å². The molecule has 0 saturated carbocycles. The number of alkyl halides is 3. The molecule has 0 aliphatic rings. The zero-order chi connectivity index (χ0) is 13.9. The van der Waals surface area contributed by atoms with Crippen molar-refractivity contribution in [1.29, 1.82) is 0 Å². The summed E-state index contributed by atoms with van der Waals surface area (Å²) in [7, 11) is 0. The van der Waals surface area contributed by atoms with E-state index in [0.717, 1.165) is 28.3 Å². The van der Waals surface area contributed by atoms with Gasteiger partial charge in [0.25, 0.3) is 0 Å². The van der Waals surface area contributed by atoms with Crippen LogP contribution in [0.3, 0.4) is 0 Å². The highest BCUT2D eigenvalue weighted by Gasteiger charge is 2.29. The second-order valence-corrected chi connectivity index (χ2v) is 5.10. The van der Waals surface area contributed by atoms with Crippen molar-refractivity contribution in [3.8, 4) is 0 Å². The molecule has 2 nitrogen and oxygen atoms in total. The van der Waals surface area contributed by atoms with Crippen molar-refractivity contribution in [1.82, 2.24) is 5.32 Å². The van der Waals surface area contributed by atoms with Crippen LogP contribution in [0, 0.1) is 0 Å². The lowest BCUT2D eigenvalue weighted by molar-refractivity contribution is -0.137. The Morgan fingerprint density at radius 3 is 2.26 bits per heavy atom. The lowest BCUT2D eigenvalue weighted by atomic mass is 10.1. The van der Waals surface area contributed by atoms with E-state index >= 15 is 0 Å². The van der Waals surface area contributed by atoms with Crippen molar-refractivity contribution in [2.75, 3.05) is 5.73 Å². The van der Waals surface area contributed by atoms with Gasteiger partial charge in [0.2, 0.25) is 0 Å². The van der Waals surface area contributed by atoms with E-state index in [0.29, 0.717) is 13.1 Å². The molecule has 1 heterocycles. The third-order valence-electron chi connectivity index (χ3n) is 2.68. The highest BCUT2D eigenvalue weighted by atomic mass is 32.1. The first kappa shape index (κ1) is 13.9. The zero-order valence-electron chi connectivity index (χ0n) is 10.00. The van der Waals surface area contributed by atoms with E-state index in [9.17, 15) is 13.2 Å². The number of benzene rings is 1. The van der Waals surface area contributed by atoms with Gasteiger partial charge in [-0.1, -0.05) is 12.1 Å². The van der Waals surface area contributed by atoms with Crippen molar-refractivity contribution < 1.29 is 13.2 Å². The van der Waals surface area contributed by atoms with Crippen molar-refractivity contribution in [3.05, 3.63) is 51.7 Å². The number of rotatable bonds is 4. The number of nitrogens with one attached hydrogen (secondary N) is 1. The highest BCUT2D eigenvalue weighted by Crippen LogP contribution is 2.29. The zero-order valence-corrected chi connectivity index (χ0v) is 10.8. The van der Waals surface area contributed by atoms with Crippen LogP contribution < -0.4 is 11.1 Å². The quantitative estimate of drug-likeness (QED) is 0.900. The van der Waals surface area contributed by atoms with Gasteiger partial charge in [-0.2, -0.15) is 13.2 Å². The number of hydrogen-bond donors (Lipinski definition) is 2. The SMILES string of the molecule is Nc1ccsc1CNCc1ccc(C(F)(F)F)cc1. The van der Waals surface area contributed by atoms with Gasteiger partial charge in [-0.3, -0.25) is 0 Å². The van der Waals surface area contributed by atoms with Crippen molar-refractivity contribution in [2.24, 2.45) is 0 Å². The number of nitrogens with two attached hydrogens (primary N) is 1. The summed E-state index contributed by atoms with van der Waals surface area (Å²) >= 11 is 1.55. The van der Waals surface area contributed by atoms with Crippen LogP contribution in [0.15, 0.2) is 35.7 Å². The first-order chi connectivity index (χ1) is 8.97. The van der Waals surface area contributed by atoms with Gasteiger partial charge in [-0.15, -0.1) is 11.3 Å². The molecule has 6 heteroatoms. The van der Waals surface area contributed by atoms with Gasteiger partial charge in [0.05, 0.1) is 5.56 Å². The lowest BCUT2D eigenvalue weighted by Crippen LogP contribution is -2.13. The second kappa shape index (κ2) is 5.63. The molecule has 1 aromatic carbocycles. The fraction of sp³-hybridized carbons (Fsp3) is 0.231. The number of thiophene rings is 1.